The zero-order chi connectivity index (χ0) is 18.8. The molecule has 1 aromatic heterocycles. The summed E-state index contributed by atoms with van der Waals surface area (Å²) in [4.78, 5) is 6.78. The van der Waals surface area contributed by atoms with E-state index in [2.05, 4.69) is 81.9 Å². The van der Waals surface area contributed by atoms with E-state index in [9.17, 15) is 0 Å². The van der Waals surface area contributed by atoms with Crippen LogP contribution in [0.5, 0.6) is 0 Å². The van der Waals surface area contributed by atoms with Crippen LogP contribution in [0.2, 0.25) is 0 Å². The second kappa shape index (κ2) is 7.61. The lowest BCUT2D eigenvalue weighted by molar-refractivity contribution is 0.208. The van der Waals surface area contributed by atoms with E-state index >= 15 is 0 Å². The van der Waals surface area contributed by atoms with Crippen molar-refractivity contribution in [3.63, 3.8) is 0 Å². The van der Waals surface area contributed by atoms with E-state index < -0.39 is 0 Å². The minimum absolute atomic E-state index is 0.494. The maximum atomic E-state index is 4.20. The minimum Gasteiger partial charge on any atom is -0.381 e. The first kappa shape index (κ1) is 17.2. The van der Waals surface area contributed by atoms with Gasteiger partial charge in [0.05, 0.1) is 0 Å². The van der Waals surface area contributed by atoms with Gasteiger partial charge in [-0.1, -0.05) is 42.5 Å². The largest absolute Gasteiger partial charge is 0.381 e. The molecule has 3 aromatic carbocycles. The Morgan fingerprint density at radius 1 is 0.893 bits per heavy atom. The Kier molecular flexibility index (Phi) is 4.67. The first-order valence-corrected chi connectivity index (χ1v) is 10.1. The predicted octanol–water partition coefficient (Wildman–Crippen LogP) is 5.46. The Balaban J connectivity index is 1.27. The van der Waals surface area contributed by atoms with Gasteiger partial charge in [-0.15, -0.1) is 0 Å². The Morgan fingerprint density at radius 3 is 2.71 bits per heavy atom. The molecular weight excluding hydrogens is 342 g/mol. The van der Waals surface area contributed by atoms with Crippen molar-refractivity contribution in [2.24, 2.45) is 0 Å². The Labute approximate surface area is 166 Å². The molecule has 0 spiro atoms. The van der Waals surface area contributed by atoms with Crippen LogP contribution in [0.25, 0.3) is 21.5 Å². The number of nitrogens with zero attached hydrogens (tertiary/aromatic N) is 2. The summed E-state index contributed by atoms with van der Waals surface area (Å²) in [5.41, 5.74) is 2.61. The van der Waals surface area contributed by atoms with Gasteiger partial charge in [0.15, 0.2) is 0 Å². The number of benzene rings is 3. The highest BCUT2D eigenvalue weighted by molar-refractivity contribution is 5.85. The van der Waals surface area contributed by atoms with Crippen molar-refractivity contribution in [1.29, 1.82) is 0 Å². The van der Waals surface area contributed by atoms with Crippen molar-refractivity contribution in [1.82, 2.24) is 9.88 Å². The lowest BCUT2D eigenvalue weighted by atomic mass is 10.0. The highest BCUT2D eigenvalue weighted by atomic mass is 15.2. The van der Waals surface area contributed by atoms with E-state index in [0.717, 1.165) is 13.1 Å². The molecule has 0 radical (unpaired) electrons. The van der Waals surface area contributed by atoms with E-state index in [1.54, 1.807) is 0 Å². The maximum absolute atomic E-state index is 4.20. The van der Waals surface area contributed by atoms with Gasteiger partial charge in [-0.05, 0) is 65.4 Å². The topological polar surface area (TPSA) is 28.2 Å². The second-order valence-electron chi connectivity index (χ2n) is 7.84. The minimum atomic E-state index is 0.494. The van der Waals surface area contributed by atoms with Crippen LogP contribution in [0.3, 0.4) is 0 Å². The van der Waals surface area contributed by atoms with Crippen LogP contribution in [0.4, 0.5) is 5.69 Å². The number of hydrogen-bond donors (Lipinski definition) is 1. The average molecular weight is 367 g/mol. The van der Waals surface area contributed by atoms with Crippen molar-refractivity contribution in [2.75, 3.05) is 18.4 Å². The van der Waals surface area contributed by atoms with E-state index in [0.29, 0.717) is 6.04 Å². The number of piperidine rings is 1. The molecule has 1 aliphatic rings. The fraction of sp³-hybridized carbons (Fsp3) is 0.240. The monoisotopic (exact) mass is 367 g/mol. The zero-order valence-corrected chi connectivity index (χ0v) is 16.0. The van der Waals surface area contributed by atoms with E-state index in [-0.39, 0.29) is 0 Å². The number of fused-ring (bicyclic) bond motifs is 2. The fourth-order valence-corrected chi connectivity index (χ4v) is 4.32. The summed E-state index contributed by atoms with van der Waals surface area (Å²) >= 11 is 0. The lowest BCUT2D eigenvalue weighted by Gasteiger charge is -2.33. The molecular formula is C25H25N3. The summed E-state index contributed by atoms with van der Waals surface area (Å²) in [6.45, 7) is 3.28. The van der Waals surface area contributed by atoms with E-state index in [4.69, 9.17) is 0 Å². The number of likely N-dealkylation sites (tertiary alicyclic amines) is 1. The maximum Gasteiger partial charge on any atom is 0.0389 e. The zero-order valence-electron chi connectivity index (χ0n) is 16.0. The molecule has 0 unspecified atom stereocenters. The number of anilines is 1. The standard InChI is InChI=1S/C25H25N3/c1-2-5-21-14-19(7-8-20(21)4-1)17-28-13-3-6-25(18-28)27-24-10-9-23-16-26-12-11-22(23)15-24/h1-2,4-5,7-12,14-16,25,27H,3,6,13,17-18H2/t25-/m1/s1. The summed E-state index contributed by atoms with van der Waals surface area (Å²) < 4.78 is 0. The normalized spacial score (nSPS) is 17.8. The number of rotatable bonds is 4. The third kappa shape index (κ3) is 3.71. The molecule has 1 atom stereocenters. The molecule has 4 aromatic rings. The van der Waals surface area contributed by atoms with Crippen LogP contribution in [-0.4, -0.2) is 29.0 Å². The Morgan fingerprint density at radius 2 is 1.75 bits per heavy atom. The molecule has 1 saturated heterocycles. The molecule has 1 N–H and O–H groups in total. The molecule has 0 amide bonds. The molecule has 140 valence electrons. The molecule has 0 aliphatic carbocycles. The highest BCUT2D eigenvalue weighted by Crippen LogP contribution is 2.23. The molecule has 2 heterocycles. The van der Waals surface area contributed by atoms with Crippen LogP contribution < -0.4 is 5.32 Å². The smallest absolute Gasteiger partial charge is 0.0389 e. The predicted molar refractivity (Wildman–Crippen MR) is 118 cm³/mol. The van der Waals surface area contributed by atoms with Crippen LogP contribution >= 0.6 is 0 Å². The van der Waals surface area contributed by atoms with Crippen molar-refractivity contribution in [3.05, 3.63) is 84.7 Å². The Hall–Kier alpha value is -2.91. The number of nitrogens with one attached hydrogen (secondary N) is 1. The van der Waals surface area contributed by atoms with Gasteiger partial charge in [0, 0.05) is 42.6 Å². The van der Waals surface area contributed by atoms with Crippen molar-refractivity contribution in [2.45, 2.75) is 25.4 Å². The number of hydrogen-bond acceptors (Lipinski definition) is 3. The molecule has 5 rings (SSSR count). The molecule has 1 fully saturated rings. The molecule has 3 nitrogen and oxygen atoms in total. The SMILES string of the molecule is c1ccc2cc(CN3CCC[C@@H](Nc4ccc5cnccc5c4)C3)ccc2c1. The van der Waals surface area contributed by atoms with Gasteiger partial charge in [-0.3, -0.25) is 9.88 Å². The fourth-order valence-electron chi connectivity index (χ4n) is 4.32. The lowest BCUT2D eigenvalue weighted by Crippen LogP contribution is -2.41. The molecule has 3 heteroatoms. The van der Waals surface area contributed by atoms with Crippen LogP contribution in [-0.2, 0) is 6.54 Å². The summed E-state index contributed by atoms with van der Waals surface area (Å²) in [7, 11) is 0. The summed E-state index contributed by atoms with van der Waals surface area (Å²) in [6.07, 6.45) is 6.24. The van der Waals surface area contributed by atoms with Crippen molar-refractivity contribution in [3.8, 4) is 0 Å². The van der Waals surface area contributed by atoms with E-state index in [1.807, 2.05) is 12.4 Å². The van der Waals surface area contributed by atoms with Gasteiger partial charge in [0.1, 0.15) is 0 Å². The summed E-state index contributed by atoms with van der Waals surface area (Å²) in [6, 6.07) is 24.6. The third-order valence-electron chi connectivity index (χ3n) is 5.74. The van der Waals surface area contributed by atoms with Crippen LogP contribution in [0, 0.1) is 0 Å². The van der Waals surface area contributed by atoms with Gasteiger partial charge >= 0.3 is 0 Å². The Bertz CT molecular complexity index is 1020. The van der Waals surface area contributed by atoms with Crippen molar-refractivity contribution >= 4 is 27.2 Å². The van der Waals surface area contributed by atoms with Gasteiger partial charge < -0.3 is 5.32 Å². The summed E-state index contributed by atoms with van der Waals surface area (Å²) in [5, 5.41) is 8.83. The molecule has 28 heavy (non-hydrogen) atoms. The molecule has 0 bridgehead atoms. The van der Waals surface area contributed by atoms with Gasteiger partial charge in [0.2, 0.25) is 0 Å². The quantitative estimate of drug-likeness (QED) is 0.519. The highest BCUT2D eigenvalue weighted by Gasteiger charge is 2.20. The number of aromatic nitrogens is 1. The van der Waals surface area contributed by atoms with E-state index in [1.165, 1.54) is 52.2 Å². The second-order valence-corrected chi connectivity index (χ2v) is 7.84. The van der Waals surface area contributed by atoms with Gasteiger partial charge in [-0.2, -0.15) is 0 Å². The third-order valence-corrected chi connectivity index (χ3v) is 5.74. The first-order chi connectivity index (χ1) is 13.8. The molecule has 1 aliphatic heterocycles. The van der Waals surface area contributed by atoms with Gasteiger partial charge in [-0.25, -0.2) is 0 Å². The number of pyridine rings is 1. The van der Waals surface area contributed by atoms with Crippen molar-refractivity contribution < 1.29 is 0 Å². The first-order valence-electron chi connectivity index (χ1n) is 10.1. The van der Waals surface area contributed by atoms with Gasteiger partial charge in [0.25, 0.3) is 0 Å². The summed E-state index contributed by atoms with van der Waals surface area (Å²) in [5.74, 6) is 0. The molecule has 0 saturated carbocycles. The average Bonchev–Trinajstić information content (AvgIpc) is 2.74. The van der Waals surface area contributed by atoms with Crippen LogP contribution in [0.15, 0.2) is 79.1 Å². The van der Waals surface area contributed by atoms with Crippen LogP contribution in [0.1, 0.15) is 18.4 Å².